The van der Waals surface area contributed by atoms with E-state index >= 15 is 0 Å². The molecule has 2 saturated heterocycles. The minimum Gasteiger partial charge on any atom is -0.381 e. The van der Waals surface area contributed by atoms with Crippen LogP contribution in [0.5, 0.6) is 0 Å². The Kier molecular flexibility index (Phi) is 6.06. The molecule has 0 radical (unpaired) electrons. The molecule has 2 aliphatic rings. The number of aryl methyl sites for hydroxylation is 1. The van der Waals surface area contributed by atoms with Crippen molar-refractivity contribution in [1.29, 1.82) is 5.26 Å². The predicted octanol–water partition coefficient (Wildman–Crippen LogP) is 2.74. The van der Waals surface area contributed by atoms with Crippen LogP contribution in [0.1, 0.15) is 18.4 Å². The SMILES string of the molecule is Cn1cc(-c2cc(-c3ccc(N4CCN(C(=O)CC5CCOC5)CC4)nc3)c3c(C#N)cnn3c2)cn1. The number of nitriles is 1. The van der Waals surface area contributed by atoms with E-state index in [2.05, 4.69) is 27.2 Å². The van der Waals surface area contributed by atoms with Crippen LogP contribution >= 0.6 is 0 Å². The Bertz CT molecular complexity index is 1470. The van der Waals surface area contributed by atoms with Crippen molar-refractivity contribution >= 4 is 17.2 Å². The molecule has 0 N–H and O–H groups in total. The molecular formula is C27H28N8O2. The zero-order valence-electron chi connectivity index (χ0n) is 20.7. The van der Waals surface area contributed by atoms with E-state index in [-0.39, 0.29) is 5.91 Å². The van der Waals surface area contributed by atoms with Gasteiger partial charge < -0.3 is 14.5 Å². The third kappa shape index (κ3) is 4.54. The molecule has 0 aromatic carbocycles. The van der Waals surface area contributed by atoms with E-state index in [4.69, 9.17) is 9.72 Å². The van der Waals surface area contributed by atoms with Crippen LogP contribution in [0.25, 0.3) is 27.8 Å². The smallest absolute Gasteiger partial charge is 0.223 e. The van der Waals surface area contributed by atoms with Gasteiger partial charge in [0.15, 0.2) is 0 Å². The molecular weight excluding hydrogens is 468 g/mol. The summed E-state index contributed by atoms with van der Waals surface area (Å²) in [5.41, 5.74) is 4.99. The molecule has 4 aromatic rings. The summed E-state index contributed by atoms with van der Waals surface area (Å²) in [5, 5.41) is 18.4. The van der Waals surface area contributed by atoms with Crippen molar-refractivity contribution in [3.8, 4) is 28.3 Å². The zero-order valence-corrected chi connectivity index (χ0v) is 20.7. The number of hydrogen-bond donors (Lipinski definition) is 0. The van der Waals surface area contributed by atoms with Crippen LogP contribution in [0.3, 0.4) is 0 Å². The van der Waals surface area contributed by atoms with E-state index in [1.807, 2.05) is 48.9 Å². The Balaban J connectivity index is 1.22. The molecule has 1 unspecified atom stereocenters. The van der Waals surface area contributed by atoms with Gasteiger partial charge in [-0.25, -0.2) is 9.50 Å². The number of amides is 1. The second-order valence-electron chi connectivity index (χ2n) is 9.72. The number of aromatic nitrogens is 5. The van der Waals surface area contributed by atoms with E-state index in [9.17, 15) is 10.1 Å². The molecule has 4 aromatic heterocycles. The highest BCUT2D eigenvalue weighted by atomic mass is 16.5. The number of rotatable bonds is 5. The number of anilines is 1. The van der Waals surface area contributed by atoms with Crippen molar-refractivity contribution in [2.24, 2.45) is 13.0 Å². The van der Waals surface area contributed by atoms with Gasteiger partial charge in [-0.15, -0.1) is 0 Å². The van der Waals surface area contributed by atoms with E-state index in [0.717, 1.165) is 59.7 Å². The average molecular weight is 497 g/mol. The van der Waals surface area contributed by atoms with Gasteiger partial charge >= 0.3 is 0 Å². The summed E-state index contributed by atoms with van der Waals surface area (Å²) in [4.78, 5) is 21.6. The first-order valence-corrected chi connectivity index (χ1v) is 12.6. The topological polar surface area (TPSA) is 105 Å². The molecule has 1 atom stereocenters. The third-order valence-corrected chi connectivity index (χ3v) is 7.27. The van der Waals surface area contributed by atoms with Crippen LogP contribution in [0.4, 0.5) is 5.82 Å². The average Bonchev–Trinajstić information content (AvgIpc) is 3.69. The lowest BCUT2D eigenvalue weighted by Crippen LogP contribution is -2.49. The Hall–Kier alpha value is -4.23. The quantitative estimate of drug-likeness (QED) is 0.418. The minimum atomic E-state index is 0.227. The van der Waals surface area contributed by atoms with Crippen LogP contribution in [-0.2, 0) is 16.6 Å². The first-order valence-electron chi connectivity index (χ1n) is 12.6. The third-order valence-electron chi connectivity index (χ3n) is 7.27. The highest BCUT2D eigenvalue weighted by Crippen LogP contribution is 2.32. The summed E-state index contributed by atoms with van der Waals surface area (Å²) in [6.07, 6.45) is 10.7. The Morgan fingerprint density at radius 3 is 2.62 bits per heavy atom. The van der Waals surface area contributed by atoms with Crippen LogP contribution in [-0.4, -0.2) is 74.6 Å². The molecule has 37 heavy (non-hydrogen) atoms. The summed E-state index contributed by atoms with van der Waals surface area (Å²) in [6.45, 7) is 4.37. The first-order chi connectivity index (χ1) is 18.1. The number of ether oxygens (including phenoxy) is 1. The Morgan fingerprint density at radius 2 is 1.95 bits per heavy atom. The highest BCUT2D eigenvalue weighted by Gasteiger charge is 2.26. The van der Waals surface area contributed by atoms with Crippen molar-refractivity contribution in [2.45, 2.75) is 12.8 Å². The molecule has 6 heterocycles. The summed E-state index contributed by atoms with van der Waals surface area (Å²) in [7, 11) is 1.88. The minimum absolute atomic E-state index is 0.227. The maximum Gasteiger partial charge on any atom is 0.223 e. The van der Waals surface area contributed by atoms with E-state index < -0.39 is 0 Å². The van der Waals surface area contributed by atoms with Gasteiger partial charge in [-0.2, -0.15) is 15.5 Å². The van der Waals surface area contributed by atoms with Crippen molar-refractivity contribution < 1.29 is 9.53 Å². The lowest BCUT2D eigenvalue weighted by Gasteiger charge is -2.35. The van der Waals surface area contributed by atoms with Crippen LogP contribution < -0.4 is 4.90 Å². The summed E-state index contributed by atoms with van der Waals surface area (Å²) in [5.74, 6) is 1.47. The maximum atomic E-state index is 12.7. The van der Waals surface area contributed by atoms with Crippen LogP contribution in [0, 0.1) is 17.2 Å². The number of carbonyl (C=O) groups excluding carboxylic acids is 1. The molecule has 0 spiro atoms. The van der Waals surface area contributed by atoms with Gasteiger partial charge in [0.25, 0.3) is 0 Å². The van der Waals surface area contributed by atoms with E-state index in [1.54, 1.807) is 15.4 Å². The molecule has 6 rings (SSSR count). The number of fused-ring (bicyclic) bond motifs is 1. The largest absolute Gasteiger partial charge is 0.381 e. The van der Waals surface area contributed by atoms with Gasteiger partial charge in [0.1, 0.15) is 11.9 Å². The molecule has 10 heteroatoms. The zero-order chi connectivity index (χ0) is 25.4. The number of pyridine rings is 2. The maximum absolute atomic E-state index is 12.7. The molecule has 2 fully saturated rings. The van der Waals surface area contributed by atoms with Crippen molar-refractivity contribution in [3.63, 3.8) is 0 Å². The molecule has 0 aliphatic carbocycles. The van der Waals surface area contributed by atoms with Gasteiger partial charge in [0.2, 0.25) is 5.91 Å². The summed E-state index contributed by atoms with van der Waals surface area (Å²) < 4.78 is 8.92. The van der Waals surface area contributed by atoms with Crippen molar-refractivity contribution in [3.05, 3.63) is 54.7 Å². The number of nitrogens with zero attached hydrogens (tertiary/aromatic N) is 8. The molecule has 2 aliphatic heterocycles. The van der Waals surface area contributed by atoms with Crippen LogP contribution in [0.15, 0.2) is 49.2 Å². The summed E-state index contributed by atoms with van der Waals surface area (Å²) >= 11 is 0. The predicted molar refractivity (Wildman–Crippen MR) is 138 cm³/mol. The van der Waals surface area contributed by atoms with Gasteiger partial charge in [-0.05, 0) is 30.5 Å². The molecule has 10 nitrogen and oxygen atoms in total. The van der Waals surface area contributed by atoms with Gasteiger partial charge in [-0.1, -0.05) is 0 Å². The van der Waals surface area contributed by atoms with E-state index in [1.165, 1.54) is 0 Å². The van der Waals surface area contributed by atoms with Crippen molar-refractivity contribution in [2.75, 3.05) is 44.3 Å². The normalized spacial score (nSPS) is 17.9. The fourth-order valence-corrected chi connectivity index (χ4v) is 5.19. The first kappa shape index (κ1) is 23.2. The monoisotopic (exact) mass is 496 g/mol. The number of piperazine rings is 1. The number of carbonyl (C=O) groups is 1. The molecule has 188 valence electrons. The highest BCUT2D eigenvalue weighted by molar-refractivity contribution is 5.87. The van der Waals surface area contributed by atoms with Gasteiger partial charge in [0, 0.05) is 93.7 Å². The molecule has 0 bridgehead atoms. The lowest BCUT2D eigenvalue weighted by atomic mass is 10.0. The molecule has 0 saturated carbocycles. The molecule has 1 amide bonds. The van der Waals surface area contributed by atoms with Gasteiger partial charge in [-0.3, -0.25) is 9.48 Å². The summed E-state index contributed by atoms with van der Waals surface area (Å²) in [6, 6.07) is 8.37. The second-order valence-corrected chi connectivity index (χ2v) is 9.72. The second kappa shape index (κ2) is 9.67. The van der Waals surface area contributed by atoms with Gasteiger partial charge in [0.05, 0.1) is 23.5 Å². The lowest BCUT2D eigenvalue weighted by molar-refractivity contribution is -0.132. The van der Waals surface area contributed by atoms with E-state index in [0.29, 0.717) is 37.6 Å². The van der Waals surface area contributed by atoms with Crippen molar-refractivity contribution in [1.82, 2.24) is 29.3 Å². The number of hydrogen-bond acceptors (Lipinski definition) is 7. The van der Waals surface area contributed by atoms with Crippen LogP contribution in [0.2, 0.25) is 0 Å². The Labute approximate surface area is 214 Å². The fourth-order valence-electron chi connectivity index (χ4n) is 5.19. The Morgan fingerprint density at radius 1 is 1.08 bits per heavy atom. The fraction of sp³-hybridized carbons (Fsp3) is 0.370. The standard InChI is InChI=1S/C27H28N8O2/c1-32-16-23(15-30-32)21-11-24(27-22(12-28)14-31-35(27)17-21)20-2-3-25(29-13-20)33-5-7-34(8-6-33)26(36)10-19-4-9-37-18-19/h2-3,11,13-17,19H,4-10,18H2,1H3.